The van der Waals surface area contributed by atoms with Crippen molar-refractivity contribution >= 4 is 17.4 Å². The third-order valence-electron chi connectivity index (χ3n) is 4.20. The van der Waals surface area contributed by atoms with E-state index in [-0.39, 0.29) is 18.7 Å². The predicted octanol–water partition coefficient (Wildman–Crippen LogP) is 3.78. The van der Waals surface area contributed by atoms with Crippen molar-refractivity contribution in [3.63, 3.8) is 0 Å². The summed E-state index contributed by atoms with van der Waals surface area (Å²) in [7, 11) is 1.99. The molecule has 0 aliphatic rings. The van der Waals surface area contributed by atoms with Crippen molar-refractivity contribution < 1.29 is 9.90 Å². The minimum Gasteiger partial charge on any atom is -0.396 e. The lowest BCUT2D eigenvalue weighted by molar-refractivity contribution is 0.244. The van der Waals surface area contributed by atoms with Gasteiger partial charge in [-0.1, -0.05) is 42.5 Å². The minimum atomic E-state index is -0.247. The molecule has 0 aliphatic carbocycles. The van der Waals surface area contributed by atoms with Crippen LogP contribution in [0.2, 0.25) is 0 Å². The molecule has 0 saturated carbocycles. The highest BCUT2D eigenvalue weighted by atomic mass is 16.3. The largest absolute Gasteiger partial charge is 0.396 e. The number of hydrogen-bond donors (Lipinski definition) is 3. The Morgan fingerprint density at radius 2 is 1.80 bits per heavy atom. The smallest absolute Gasteiger partial charge is 0.319 e. The number of anilines is 2. The van der Waals surface area contributed by atoms with E-state index < -0.39 is 0 Å². The van der Waals surface area contributed by atoms with Crippen LogP contribution in [0, 0.1) is 0 Å². The van der Waals surface area contributed by atoms with Gasteiger partial charge >= 0.3 is 6.03 Å². The number of aliphatic hydroxyl groups excluding tert-OH is 1. The van der Waals surface area contributed by atoms with E-state index in [1.54, 1.807) is 0 Å². The second-order valence-corrected chi connectivity index (χ2v) is 5.96. The minimum absolute atomic E-state index is 0.108. The van der Waals surface area contributed by atoms with Crippen LogP contribution in [0.25, 0.3) is 0 Å². The van der Waals surface area contributed by atoms with Gasteiger partial charge in [-0.05, 0) is 37.5 Å². The zero-order chi connectivity index (χ0) is 18.1. The van der Waals surface area contributed by atoms with Gasteiger partial charge in [0.15, 0.2) is 0 Å². The Labute approximate surface area is 149 Å². The number of carbonyl (C=O) groups excluding carboxylic acids is 1. The maximum absolute atomic E-state index is 12.5. The highest BCUT2D eigenvalue weighted by Gasteiger charge is 2.15. The Morgan fingerprint density at radius 1 is 1.12 bits per heavy atom. The Bertz CT molecular complexity index is 661. The number of nitrogens with one attached hydrogen (secondary N) is 2. The number of nitrogens with zero attached hydrogens (tertiary/aromatic N) is 1. The number of urea groups is 1. The molecule has 2 amide bonds. The first-order valence-corrected chi connectivity index (χ1v) is 8.69. The van der Waals surface area contributed by atoms with Crippen LogP contribution in [0.5, 0.6) is 0 Å². The molecule has 5 nitrogen and oxygen atoms in total. The Balaban J connectivity index is 2.09. The molecule has 2 aromatic carbocycles. The van der Waals surface area contributed by atoms with E-state index in [0.717, 1.165) is 23.5 Å². The van der Waals surface area contributed by atoms with Gasteiger partial charge in [0.25, 0.3) is 0 Å². The third kappa shape index (κ3) is 5.50. The summed E-state index contributed by atoms with van der Waals surface area (Å²) in [6.45, 7) is 3.03. The standard InChI is InChI=1S/C20H27N3O2/c1-3-23(2)19-14-8-7-12-18(19)22-20(25)21-17(13-9-15-24)16-10-5-4-6-11-16/h4-8,10-12,14,17,24H,3,9,13,15H2,1-2H3,(H2,21,22,25)/t17-/m0/s1. The monoisotopic (exact) mass is 341 g/mol. The zero-order valence-electron chi connectivity index (χ0n) is 14.9. The maximum atomic E-state index is 12.5. The van der Waals surface area contributed by atoms with Crippen LogP contribution in [0.15, 0.2) is 54.6 Å². The summed E-state index contributed by atoms with van der Waals surface area (Å²) in [5.74, 6) is 0. The van der Waals surface area contributed by atoms with Crippen LogP contribution >= 0.6 is 0 Å². The van der Waals surface area contributed by atoms with Crippen LogP contribution in [0.3, 0.4) is 0 Å². The van der Waals surface area contributed by atoms with Gasteiger partial charge in [0, 0.05) is 20.2 Å². The van der Waals surface area contributed by atoms with E-state index in [2.05, 4.69) is 22.5 Å². The Hall–Kier alpha value is -2.53. The molecule has 0 bridgehead atoms. The molecule has 5 heteroatoms. The van der Waals surface area contributed by atoms with Crippen molar-refractivity contribution in [2.75, 3.05) is 30.4 Å². The van der Waals surface area contributed by atoms with E-state index in [1.165, 1.54) is 0 Å². The summed E-state index contributed by atoms with van der Waals surface area (Å²) in [5.41, 5.74) is 2.79. The van der Waals surface area contributed by atoms with Gasteiger partial charge in [-0.25, -0.2) is 4.79 Å². The van der Waals surface area contributed by atoms with Crippen LogP contribution in [-0.2, 0) is 0 Å². The number of rotatable bonds is 8. The zero-order valence-corrected chi connectivity index (χ0v) is 14.9. The van der Waals surface area contributed by atoms with Crippen LogP contribution in [0.4, 0.5) is 16.2 Å². The van der Waals surface area contributed by atoms with Crippen molar-refractivity contribution in [3.05, 3.63) is 60.2 Å². The van der Waals surface area contributed by atoms with Gasteiger partial charge in [0.2, 0.25) is 0 Å². The number of benzene rings is 2. The van der Waals surface area contributed by atoms with Gasteiger partial charge in [-0.15, -0.1) is 0 Å². The molecule has 25 heavy (non-hydrogen) atoms. The van der Waals surface area contributed by atoms with Gasteiger partial charge in [0.05, 0.1) is 17.4 Å². The molecule has 0 saturated heterocycles. The molecule has 0 aliphatic heterocycles. The SMILES string of the molecule is CCN(C)c1ccccc1NC(=O)N[C@@H](CCCO)c1ccccc1. The summed E-state index contributed by atoms with van der Waals surface area (Å²) in [6, 6.07) is 17.2. The van der Waals surface area contributed by atoms with Gasteiger partial charge in [-0.2, -0.15) is 0 Å². The van der Waals surface area contributed by atoms with E-state index >= 15 is 0 Å². The molecule has 0 aromatic heterocycles. The van der Waals surface area contributed by atoms with Gasteiger partial charge < -0.3 is 20.6 Å². The predicted molar refractivity (Wildman–Crippen MR) is 103 cm³/mol. The first-order valence-electron chi connectivity index (χ1n) is 8.69. The average Bonchev–Trinajstić information content (AvgIpc) is 2.65. The van der Waals surface area contributed by atoms with E-state index in [9.17, 15) is 4.79 Å². The number of para-hydroxylation sites is 2. The van der Waals surface area contributed by atoms with Crippen LogP contribution in [0.1, 0.15) is 31.4 Å². The molecule has 2 rings (SSSR count). The summed E-state index contributed by atoms with van der Waals surface area (Å²) >= 11 is 0. The fraction of sp³-hybridized carbons (Fsp3) is 0.350. The lowest BCUT2D eigenvalue weighted by Crippen LogP contribution is -2.33. The molecular weight excluding hydrogens is 314 g/mol. The number of aliphatic hydroxyl groups is 1. The molecule has 0 fully saturated rings. The second kappa shape index (κ2) is 9.69. The number of hydrogen-bond acceptors (Lipinski definition) is 3. The number of amides is 2. The summed E-state index contributed by atoms with van der Waals surface area (Å²) < 4.78 is 0. The van der Waals surface area contributed by atoms with Crippen molar-refractivity contribution in [3.8, 4) is 0 Å². The first-order chi connectivity index (χ1) is 12.2. The molecule has 3 N–H and O–H groups in total. The molecule has 1 atom stereocenters. The van der Waals surface area contributed by atoms with Gasteiger partial charge in [-0.3, -0.25) is 0 Å². The van der Waals surface area contributed by atoms with E-state index in [0.29, 0.717) is 12.8 Å². The average molecular weight is 341 g/mol. The van der Waals surface area contributed by atoms with Gasteiger partial charge in [0.1, 0.15) is 0 Å². The lowest BCUT2D eigenvalue weighted by Gasteiger charge is -2.23. The maximum Gasteiger partial charge on any atom is 0.319 e. The summed E-state index contributed by atoms with van der Waals surface area (Å²) in [4.78, 5) is 14.6. The van der Waals surface area contributed by atoms with Crippen LogP contribution in [-0.4, -0.2) is 31.3 Å². The summed E-state index contributed by atoms with van der Waals surface area (Å²) in [5, 5.41) is 15.1. The quantitative estimate of drug-likeness (QED) is 0.685. The van der Waals surface area contributed by atoms with Crippen LogP contribution < -0.4 is 15.5 Å². The fourth-order valence-electron chi connectivity index (χ4n) is 2.70. The molecule has 0 unspecified atom stereocenters. The highest BCUT2D eigenvalue weighted by Crippen LogP contribution is 2.25. The van der Waals surface area contributed by atoms with E-state index in [1.807, 2.05) is 61.6 Å². The van der Waals surface area contributed by atoms with Crippen molar-refractivity contribution in [1.29, 1.82) is 0 Å². The molecule has 0 heterocycles. The Kier molecular flexibility index (Phi) is 7.29. The highest BCUT2D eigenvalue weighted by molar-refractivity contribution is 5.93. The number of carbonyl (C=O) groups is 1. The fourth-order valence-corrected chi connectivity index (χ4v) is 2.70. The molecule has 0 spiro atoms. The van der Waals surface area contributed by atoms with E-state index in [4.69, 9.17) is 5.11 Å². The van der Waals surface area contributed by atoms with Crippen molar-refractivity contribution in [2.45, 2.75) is 25.8 Å². The third-order valence-corrected chi connectivity index (χ3v) is 4.20. The Morgan fingerprint density at radius 3 is 2.48 bits per heavy atom. The van der Waals surface area contributed by atoms with Crippen molar-refractivity contribution in [1.82, 2.24) is 5.32 Å². The lowest BCUT2D eigenvalue weighted by atomic mass is 10.0. The topological polar surface area (TPSA) is 64.6 Å². The molecule has 2 aromatic rings. The first kappa shape index (κ1) is 18.8. The second-order valence-electron chi connectivity index (χ2n) is 5.96. The van der Waals surface area contributed by atoms with Crippen molar-refractivity contribution in [2.24, 2.45) is 0 Å². The molecule has 0 radical (unpaired) electrons. The molecular formula is C20H27N3O2. The normalized spacial score (nSPS) is 11.6. The molecule has 134 valence electrons. The summed E-state index contributed by atoms with van der Waals surface area (Å²) in [6.07, 6.45) is 1.32.